The fourth-order valence-electron chi connectivity index (χ4n) is 2.80. The number of halogens is 1. The van der Waals surface area contributed by atoms with Crippen molar-refractivity contribution in [3.05, 3.63) is 96.3 Å². The molecule has 0 aliphatic heterocycles. The lowest BCUT2D eigenvalue weighted by atomic mass is 10.1. The van der Waals surface area contributed by atoms with Gasteiger partial charge in [0.2, 0.25) is 0 Å². The fourth-order valence-corrected chi connectivity index (χ4v) is 6.84. The predicted octanol–water partition coefficient (Wildman–Crippen LogP) is 3.97. The molecule has 0 fully saturated rings. The molecule has 1 atom stereocenters. The average molecular weight is 419 g/mol. The summed E-state index contributed by atoms with van der Waals surface area (Å²) in [5.41, 5.74) is 0.348. The number of rotatable bonds is 6. The van der Waals surface area contributed by atoms with Gasteiger partial charge in [-0.15, -0.1) is 0 Å². The van der Waals surface area contributed by atoms with Crippen molar-refractivity contribution in [3.8, 4) is 0 Å². The highest BCUT2D eigenvalue weighted by molar-refractivity contribution is 8.04. The first-order chi connectivity index (χ1) is 13.2. The quantitative estimate of drug-likeness (QED) is 0.606. The number of hydrogen-bond acceptors (Lipinski definition) is 4. The van der Waals surface area contributed by atoms with Crippen molar-refractivity contribution < 1.29 is 21.2 Å². The Balaban J connectivity index is 2.21. The van der Waals surface area contributed by atoms with Crippen molar-refractivity contribution in [2.24, 2.45) is 0 Å². The highest BCUT2D eigenvalue weighted by atomic mass is 32.3. The van der Waals surface area contributed by atoms with Crippen LogP contribution in [0.5, 0.6) is 0 Å². The van der Waals surface area contributed by atoms with Crippen molar-refractivity contribution in [1.29, 1.82) is 0 Å². The Labute approximate surface area is 164 Å². The largest absolute Gasteiger partial charge is 0.256 e. The molecule has 0 heterocycles. The molecule has 0 bridgehead atoms. The molecule has 0 aliphatic carbocycles. The molecule has 0 aromatic heterocycles. The SMILES string of the molecule is CC(c1ccc(F)cc1)N(S(=O)(=O)c1ccccc1)S(=O)(=O)c1ccccc1. The van der Waals surface area contributed by atoms with Gasteiger partial charge in [-0.3, -0.25) is 0 Å². The molecule has 1 unspecified atom stereocenters. The fraction of sp³-hybridized carbons (Fsp3) is 0.100. The second-order valence-electron chi connectivity index (χ2n) is 6.09. The van der Waals surface area contributed by atoms with Crippen molar-refractivity contribution in [2.75, 3.05) is 0 Å². The standard InChI is InChI=1S/C20H18FNO4S2/c1-16(17-12-14-18(21)15-13-17)22(27(23,24)19-8-4-2-5-9-19)28(25,26)20-10-6-3-7-11-20/h2-16H,1H3. The summed E-state index contributed by atoms with van der Waals surface area (Å²) in [5, 5.41) is 0. The maximum absolute atomic E-state index is 13.3. The van der Waals surface area contributed by atoms with Crippen LogP contribution in [-0.4, -0.2) is 20.5 Å². The third-order valence-corrected chi connectivity index (χ3v) is 8.72. The van der Waals surface area contributed by atoms with Crippen molar-refractivity contribution in [3.63, 3.8) is 0 Å². The van der Waals surface area contributed by atoms with Gasteiger partial charge in [-0.2, -0.15) is 0 Å². The van der Waals surface area contributed by atoms with Crippen LogP contribution in [0.25, 0.3) is 0 Å². The van der Waals surface area contributed by atoms with Gasteiger partial charge in [-0.25, -0.2) is 21.2 Å². The third-order valence-electron chi connectivity index (χ3n) is 4.22. The molecule has 5 nitrogen and oxygen atoms in total. The summed E-state index contributed by atoms with van der Waals surface area (Å²) < 4.78 is 67.0. The van der Waals surface area contributed by atoms with E-state index in [9.17, 15) is 21.2 Å². The van der Waals surface area contributed by atoms with E-state index in [0.29, 0.717) is 9.27 Å². The first-order valence-electron chi connectivity index (χ1n) is 8.40. The Morgan fingerprint density at radius 2 is 1.07 bits per heavy atom. The van der Waals surface area contributed by atoms with Crippen LogP contribution in [0.1, 0.15) is 18.5 Å². The summed E-state index contributed by atoms with van der Waals surface area (Å²) in [6.45, 7) is 1.45. The maximum atomic E-state index is 13.3. The first-order valence-corrected chi connectivity index (χ1v) is 11.3. The lowest BCUT2D eigenvalue weighted by Gasteiger charge is -2.28. The van der Waals surface area contributed by atoms with E-state index in [1.54, 1.807) is 12.1 Å². The first kappa shape index (κ1) is 20.2. The Kier molecular flexibility index (Phi) is 5.64. The highest BCUT2D eigenvalue weighted by Gasteiger charge is 2.40. The molecule has 146 valence electrons. The van der Waals surface area contributed by atoms with E-state index < -0.39 is 31.9 Å². The zero-order valence-corrected chi connectivity index (χ0v) is 16.6. The number of hydrogen-bond donors (Lipinski definition) is 0. The van der Waals surface area contributed by atoms with Gasteiger partial charge >= 0.3 is 0 Å². The van der Waals surface area contributed by atoms with Crippen LogP contribution in [0, 0.1) is 5.82 Å². The van der Waals surface area contributed by atoms with Gasteiger partial charge in [0.15, 0.2) is 0 Å². The predicted molar refractivity (Wildman–Crippen MR) is 104 cm³/mol. The van der Waals surface area contributed by atoms with Gasteiger partial charge in [0.05, 0.1) is 15.8 Å². The van der Waals surface area contributed by atoms with Crippen molar-refractivity contribution >= 4 is 20.0 Å². The zero-order valence-electron chi connectivity index (χ0n) is 14.9. The van der Waals surface area contributed by atoms with Gasteiger partial charge in [-0.1, -0.05) is 52.2 Å². The molecular formula is C20H18FNO4S2. The van der Waals surface area contributed by atoms with Crippen LogP contribution in [0.4, 0.5) is 4.39 Å². The third kappa shape index (κ3) is 3.84. The van der Waals surface area contributed by atoms with Gasteiger partial charge in [0.25, 0.3) is 20.0 Å². The van der Waals surface area contributed by atoms with Gasteiger partial charge in [0, 0.05) is 0 Å². The number of benzene rings is 3. The van der Waals surface area contributed by atoms with Crippen LogP contribution in [-0.2, 0) is 20.0 Å². The second-order valence-corrected chi connectivity index (χ2v) is 9.95. The molecule has 0 amide bonds. The van der Waals surface area contributed by atoms with Crippen molar-refractivity contribution in [2.45, 2.75) is 22.8 Å². The van der Waals surface area contributed by atoms with Crippen LogP contribution in [0.15, 0.2) is 94.7 Å². The smallest absolute Gasteiger partial charge is 0.207 e. The minimum atomic E-state index is -4.41. The van der Waals surface area contributed by atoms with Gasteiger partial charge < -0.3 is 0 Å². The molecular weight excluding hydrogens is 401 g/mol. The molecule has 28 heavy (non-hydrogen) atoms. The summed E-state index contributed by atoms with van der Waals surface area (Å²) in [4.78, 5) is -0.299. The Morgan fingerprint density at radius 3 is 1.46 bits per heavy atom. The molecule has 0 saturated carbocycles. The summed E-state index contributed by atoms with van der Waals surface area (Å²) in [6, 6.07) is 18.6. The van der Waals surface area contributed by atoms with Crippen LogP contribution < -0.4 is 0 Å². The Hall–Kier alpha value is -2.55. The number of nitrogens with zero attached hydrogens (tertiary/aromatic N) is 1. The van der Waals surface area contributed by atoms with Gasteiger partial charge in [0.1, 0.15) is 5.82 Å². The molecule has 0 saturated heterocycles. The minimum Gasteiger partial charge on any atom is -0.207 e. The molecule has 3 rings (SSSR count). The van der Waals surface area contributed by atoms with Crippen LogP contribution >= 0.6 is 0 Å². The van der Waals surface area contributed by atoms with E-state index in [1.165, 1.54) is 67.6 Å². The lowest BCUT2D eigenvalue weighted by Crippen LogP contribution is -2.39. The van der Waals surface area contributed by atoms with Crippen LogP contribution in [0.3, 0.4) is 0 Å². The molecule has 8 heteroatoms. The van der Waals surface area contributed by atoms with E-state index in [1.807, 2.05) is 0 Å². The monoisotopic (exact) mass is 419 g/mol. The van der Waals surface area contributed by atoms with Crippen LogP contribution in [0.2, 0.25) is 0 Å². The number of sulfonamides is 2. The summed E-state index contributed by atoms with van der Waals surface area (Å²) in [5.74, 6) is -0.501. The molecule has 0 spiro atoms. The van der Waals surface area contributed by atoms with E-state index in [0.717, 1.165) is 12.1 Å². The van der Waals surface area contributed by atoms with Crippen molar-refractivity contribution in [1.82, 2.24) is 3.71 Å². The van der Waals surface area contributed by atoms with E-state index in [2.05, 4.69) is 0 Å². The summed E-state index contributed by atoms with van der Waals surface area (Å²) >= 11 is 0. The second kappa shape index (κ2) is 7.83. The molecule has 3 aromatic rings. The maximum Gasteiger partial charge on any atom is 0.256 e. The zero-order chi connectivity index (χ0) is 20.4. The molecule has 0 radical (unpaired) electrons. The highest BCUT2D eigenvalue weighted by Crippen LogP contribution is 2.33. The Morgan fingerprint density at radius 1 is 0.679 bits per heavy atom. The lowest BCUT2D eigenvalue weighted by molar-refractivity contribution is 0.447. The topological polar surface area (TPSA) is 71.5 Å². The molecule has 0 N–H and O–H groups in total. The Bertz CT molecular complexity index is 1080. The van der Waals surface area contributed by atoms with Gasteiger partial charge in [-0.05, 0) is 48.9 Å². The van der Waals surface area contributed by atoms with E-state index in [-0.39, 0.29) is 9.79 Å². The average Bonchev–Trinajstić information content (AvgIpc) is 2.69. The summed E-state index contributed by atoms with van der Waals surface area (Å²) in [7, 11) is -8.83. The van der Waals surface area contributed by atoms with E-state index >= 15 is 0 Å². The molecule has 0 aliphatic rings. The molecule has 3 aromatic carbocycles. The minimum absolute atomic E-state index is 0.150. The van der Waals surface area contributed by atoms with E-state index in [4.69, 9.17) is 0 Å². The normalized spacial score (nSPS) is 13.4. The summed E-state index contributed by atoms with van der Waals surface area (Å²) in [6.07, 6.45) is 0.